The first-order valence-electron chi connectivity index (χ1n) is 11.4. The van der Waals surface area contributed by atoms with Gasteiger partial charge in [0.1, 0.15) is 5.82 Å². The second-order valence-electron chi connectivity index (χ2n) is 9.08. The molecule has 3 saturated heterocycles. The second kappa shape index (κ2) is 8.61. The summed E-state index contributed by atoms with van der Waals surface area (Å²) in [6.07, 6.45) is 6.65. The molecule has 5 rings (SSSR count). The molecule has 0 aromatic carbocycles. The summed E-state index contributed by atoms with van der Waals surface area (Å²) in [5, 5.41) is 4.29. The highest BCUT2D eigenvalue weighted by Gasteiger charge is 2.36. The van der Waals surface area contributed by atoms with Crippen molar-refractivity contribution >= 4 is 5.82 Å². The molecule has 2 aromatic heterocycles. The molecular weight excluding hydrogens is 378 g/mol. The maximum Gasteiger partial charge on any atom is 0.244 e. The van der Waals surface area contributed by atoms with E-state index in [0.717, 1.165) is 56.4 Å². The molecule has 0 saturated carbocycles. The summed E-state index contributed by atoms with van der Waals surface area (Å²) in [5.74, 6) is 2.45. The molecule has 3 fully saturated rings. The van der Waals surface area contributed by atoms with Crippen molar-refractivity contribution in [2.45, 2.75) is 37.8 Å². The van der Waals surface area contributed by atoms with Gasteiger partial charge in [0.25, 0.3) is 0 Å². The number of pyridine rings is 1. The van der Waals surface area contributed by atoms with Gasteiger partial charge in [0.05, 0.1) is 6.04 Å². The van der Waals surface area contributed by atoms with Crippen LogP contribution in [0.4, 0.5) is 5.82 Å². The third-order valence-electron chi connectivity index (χ3n) is 7.01. The maximum atomic E-state index is 5.75. The Balaban J connectivity index is 1.27. The summed E-state index contributed by atoms with van der Waals surface area (Å²) in [6, 6.07) is 5.04. The molecule has 3 aliphatic rings. The normalized spacial score (nSPS) is 25.3. The van der Waals surface area contributed by atoms with E-state index in [1.54, 1.807) is 0 Å². The van der Waals surface area contributed by atoms with E-state index in [2.05, 4.69) is 56.0 Å². The van der Waals surface area contributed by atoms with Gasteiger partial charge in [-0.3, -0.25) is 4.90 Å². The fourth-order valence-corrected chi connectivity index (χ4v) is 5.05. The van der Waals surface area contributed by atoms with Crippen LogP contribution < -0.4 is 4.90 Å². The summed E-state index contributed by atoms with van der Waals surface area (Å²) >= 11 is 0. The first-order chi connectivity index (χ1) is 14.7. The number of nitrogens with zero attached hydrogens (tertiary/aromatic N) is 7. The zero-order chi connectivity index (χ0) is 20.5. The molecule has 0 aliphatic carbocycles. The predicted molar refractivity (Wildman–Crippen MR) is 116 cm³/mol. The van der Waals surface area contributed by atoms with Crippen LogP contribution >= 0.6 is 0 Å². The van der Waals surface area contributed by atoms with Crippen LogP contribution in [0.2, 0.25) is 0 Å². The summed E-state index contributed by atoms with van der Waals surface area (Å²) < 4.78 is 5.75. The smallest absolute Gasteiger partial charge is 0.244 e. The molecule has 30 heavy (non-hydrogen) atoms. The lowest BCUT2D eigenvalue weighted by Crippen LogP contribution is -2.44. The van der Waals surface area contributed by atoms with E-state index in [4.69, 9.17) is 9.51 Å². The predicted octanol–water partition coefficient (Wildman–Crippen LogP) is 2.11. The van der Waals surface area contributed by atoms with Crippen molar-refractivity contribution in [3.63, 3.8) is 0 Å². The number of piperidine rings is 1. The van der Waals surface area contributed by atoms with E-state index in [1.807, 2.05) is 6.20 Å². The molecule has 8 heteroatoms. The summed E-state index contributed by atoms with van der Waals surface area (Å²) in [6.45, 7) is 7.67. The number of hydrogen-bond donors (Lipinski definition) is 0. The number of hydrogen-bond acceptors (Lipinski definition) is 8. The molecule has 0 unspecified atom stereocenters. The van der Waals surface area contributed by atoms with Gasteiger partial charge in [0.2, 0.25) is 11.7 Å². The lowest BCUT2D eigenvalue weighted by Gasteiger charge is -2.37. The minimum Gasteiger partial charge on any atom is -0.354 e. The highest BCUT2D eigenvalue weighted by Crippen LogP contribution is 2.36. The van der Waals surface area contributed by atoms with Gasteiger partial charge in [-0.2, -0.15) is 4.98 Å². The fraction of sp³-hybridized carbons (Fsp3) is 0.682. The van der Waals surface area contributed by atoms with Crippen LogP contribution in [0.3, 0.4) is 0 Å². The molecule has 0 radical (unpaired) electrons. The maximum absolute atomic E-state index is 5.75. The number of likely N-dealkylation sites (tertiary alicyclic amines) is 2. The van der Waals surface area contributed by atoms with Crippen LogP contribution in [0.25, 0.3) is 11.4 Å². The molecule has 0 amide bonds. The van der Waals surface area contributed by atoms with Gasteiger partial charge in [0.15, 0.2) is 0 Å². The molecule has 0 N–H and O–H groups in total. The molecule has 2 aromatic rings. The van der Waals surface area contributed by atoms with Crippen molar-refractivity contribution in [1.29, 1.82) is 0 Å². The van der Waals surface area contributed by atoms with Crippen molar-refractivity contribution in [1.82, 2.24) is 29.8 Å². The van der Waals surface area contributed by atoms with E-state index in [0.29, 0.717) is 11.9 Å². The molecule has 8 nitrogen and oxygen atoms in total. The molecule has 162 valence electrons. The van der Waals surface area contributed by atoms with E-state index in [-0.39, 0.29) is 6.04 Å². The SMILES string of the molecule is CN1CCC(N2CCC[C@H]2c2nc(-c3ccc(N4CCN(C)CC4)nc3)no2)CC1. The monoisotopic (exact) mass is 411 g/mol. The third-order valence-corrected chi connectivity index (χ3v) is 7.01. The van der Waals surface area contributed by atoms with Crippen LogP contribution in [0, 0.1) is 0 Å². The molecule has 0 spiro atoms. The first kappa shape index (κ1) is 19.9. The zero-order valence-corrected chi connectivity index (χ0v) is 18.2. The van der Waals surface area contributed by atoms with Crippen LogP contribution in [0.15, 0.2) is 22.9 Å². The van der Waals surface area contributed by atoms with Gasteiger partial charge < -0.3 is 19.2 Å². The largest absolute Gasteiger partial charge is 0.354 e. The lowest BCUT2D eigenvalue weighted by atomic mass is 10.0. The Morgan fingerprint density at radius 2 is 1.67 bits per heavy atom. The quantitative estimate of drug-likeness (QED) is 0.758. The minimum absolute atomic E-state index is 0.261. The number of anilines is 1. The molecule has 0 bridgehead atoms. The van der Waals surface area contributed by atoms with Crippen molar-refractivity contribution in [3.05, 3.63) is 24.2 Å². The van der Waals surface area contributed by atoms with Gasteiger partial charge >= 0.3 is 0 Å². The Morgan fingerprint density at radius 1 is 0.900 bits per heavy atom. The van der Waals surface area contributed by atoms with Crippen LogP contribution in [-0.4, -0.2) is 95.8 Å². The average Bonchev–Trinajstić information content (AvgIpc) is 3.45. The molecule has 1 atom stereocenters. The van der Waals surface area contributed by atoms with Crippen LogP contribution in [-0.2, 0) is 0 Å². The molecule has 5 heterocycles. The molecule has 3 aliphatic heterocycles. The van der Waals surface area contributed by atoms with E-state index >= 15 is 0 Å². The van der Waals surface area contributed by atoms with Crippen molar-refractivity contribution in [2.75, 3.05) is 64.8 Å². The Kier molecular flexibility index (Phi) is 5.71. The van der Waals surface area contributed by atoms with Gasteiger partial charge in [-0.15, -0.1) is 0 Å². The number of aromatic nitrogens is 3. The molecular formula is C22H33N7O. The summed E-state index contributed by atoms with van der Waals surface area (Å²) in [7, 11) is 4.38. The Labute approximate surface area is 178 Å². The minimum atomic E-state index is 0.261. The average molecular weight is 412 g/mol. The van der Waals surface area contributed by atoms with Gasteiger partial charge in [-0.25, -0.2) is 4.98 Å². The first-order valence-corrected chi connectivity index (χ1v) is 11.4. The van der Waals surface area contributed by atoms with Crippen molar-refractivity contribution in [3.8, 4) is 11.4 Å². The number of likely N-dealkylation sites (N-methyl/N-ethyl adjacent to an activating group) is 1. The van der Waals surface area contributed by atoms with Crippen LogP contribution in [0.1, 0.15) is 37.6 Å². The van der Waals surface area contributed by atoms with Crippen LogP contribution in [0.5, 0.6) is 0 Å². The summed E-state index contributed by atoms with van der Waals surface area (Å²) in [5.41, 5.74) is 0.923. The second-order valence-corrected chi connectivity index (χ2v) is 9.08. The standard InChI is InChI=1S/C22H33N7O/c1-26-10-7-18(8-11-26)29-9-3-4-19(29)22-24-21(25-30-22)17-5-6-20(23-16-17)28-14-12-27(2)13-15-28/h5-6,16,18-19H,3-4,7-15H2,1-2H3/t19-/m0/s1. The zero-order valence-electron chi connectivity index (χ0n) is 18.2. The van der Waals surface area contributed by atoms with E-state index in [1.165, 1.54) is 32.4 Å². The highest BCUT2D eigenvalue weighted by atomic mass is 16.5. The van der Waals surface area contributed by atoms with E-state index < -0.39 is 0 Å². The van der Waals surface area contributed by atoms with Crippen molar-refractivity contribution in [2.24, 2.45) is 0 Å². The Hall–Kier alpha value is -2.03. The fourth-order valence-electron chi connectivity index (χ4n) is 5.05. The van der Waals surface area contributed by atoms with Gasteiger partial charge in [-0.05, 0) is 71.5 Å². The lowest BCUT2D eigenvalue weighted by molar-refractivity contribution is 0.0958. The summed E-state index contributed by atoms with van der Waals surface area (Å²) in [4.78, 5) is 19.2. The Morgan fingerprint density at radius 3 is 2.40 bits per heavy atom. The third kappa shape index (κ3) is 4.08. The Bertz CT molecular complexity index is 822. The van der Waals surface area contributed by atoms with Gasteiger partial charge in [0, 0.05) is 44.0 Å². The van der Waals surface area contributed by atoms with E-state index in [9.17, 15) is 0 Å². The number of rotatable bonds is 4. The number of piperazine rings is 1. The topological polar surface area (TPSA) is 64.8 Å². The highest BCUT2D eigenvalue weighted by molar-refractivity contribution is 5.56. The van der Waals surface area contributed by atoms with Gasteiger partial charge in [-0.1, -0.05) is 5.16 Å². The van der Waals surface area contributed by atoms with Crippen molar-refractivity contribution < 1.29 is 4.52 Å².